The van der Waals surface area contributed by atoms with Gasteiger partial charge in [0, 0.05) is 35.3 Å². The van der Waals surface area contributed by atoms with E-state index < -0.39 is 0 Å². The molecule has 0 saturated heterocycles. The molecule has 3 aromatic rings. The monoisotopic (exact) mass is 291 g/mol. The molecule has 0 spiro atoms. The van der Waals surface area contributed by atoms with Gasteiger partial charge in [-0.15, -0.1) is 0 Å². The number of nitrogens with two attached hydrogens (primary N) is 1. The van der Waals surface area contributed by atoms with Crippen molar-refractivity contribution in [1.29, 1.82) is 0 Å². The van der Waals surface area contributed by atoms with E-state index in [9.17, 15) is 0 Å². The van der Waals surface area contributed by atoms with Crippen molar-refractivity contribution in [3.8, 4) is 5.75 Å². The van der Waals surface area contributed by atoms with E-state index >= 15 is 0 Å². The lowest BCUT2D eigenvalue weighted by molar-refractivity contribution is 0.288. The molecule has 0 fully saturated rings. The minimum atomic E-state index is 0.313. The fraction of sp³-hybridized carbons (Fsp3) is 0.214. The number of aromatic amines is 1. The van der Waals surface area contributed by atoms with Crippen molar-refractivity contribution in [3.05, 3.63) is 46.4 Å². The topological polar surface area (TPSA) is 77.1 Å². The molecular weight excluding hydrogens is 278 g/mol. The summed E-state index contributed by atoms with van der Waals surface area (Å²) < 4.78 is 10.7. The van der Waals surface area contributed by atoms with Gasteiger partial charge in [0.1, 0.15) is 23.8 Å². The van der Waals surface area contributed by atoms with Gasteiger partial charge in [-0.05, 0) is 19.1 Å². The molecule has 0 atom stereocenters. The molecule has 104 valence electrons. The number of H-pyrrole nitrogens is 1. The van der Waals surface area contributed by atoms with Gasteiger partial charge < -0.3 is 20.0 Å². The van der Waals surface area contributed by atoms with E-state index in [2.05, 4.69) is 10.1 Å². The lowest BCUT2D eigenvalue weighted by atomic mass is 10.2. The van der Waals surface area contributed by atoms with E-state index in [4.69, 9.17) is 26.6 Å². The van der Waals surface area contributed by atoms with Gasteiger partial charge in [-0.25, -0.2) is 0 Å². The summed E-state index contributed by atoms with van der Waals surface area (Å²) in [6, 6.07) is 7.53. The summed E-state index contributed by atoms with van der Waals surface area (Å²) in [5.41, 5.74) is 8.25. The van der Waals surface area contributed by atoms with E-state index in [-0.39, 0.29) is 0 Å². The highest BCUT2D eigenvalue weighted by molar-refractivity contribution is 6.32. The Morgan fingerprint density at radius 2 is 2.20 bits per heavy atom. The second kappa shape index (κ2) is 5.19. The Bertz CT molecular complexity index is 748. The third-order valence-electron chi connectivity index (χ3n) is 3.00. The highest BCUT2D eigenvalue weighted by atomic mass is 35.5. The number of hydrogen-bond donors (Lipinski definition) is 2. The van der Waals surface area contributed by atoms with Gasteiger partial charge in [0.05, 0.1) is 5.02 Å². The Morgan fingerprint density at radius 3 is 2.90 bits per heavy atom. The summed E-state index contributed by atoms with van der Waals surface area (Å²) >= 11 is 6.21. The van der Waals surface area contributed by atoms with Crippen LogP contribution in [-0.4, -0.2) is 10.1 Å². The molecule has 0 bridgehead atoms. The molecule has 5 nitrogen and oxygen atoms in total. The average Bonchev–Trinajstić information content (AvgIpc) is 3.01. The minimum absolute atomic E-state index is 0.313. The second-order valence-corrected chi connectivity index (χ2v) is 4.99. The SMILES string of the molecule is Cc1cc(COc2cc3[nH]c(CN)cc3cc2Cl)no1. The van der Waals surface area contributed by atoms with Gasteiger partial charge in [0.25, 0.3) is 0 Å². The molecule has 6 heteroatoms. The van der Waals surface area contributed by atoms with E-state index in [1.807, 2.05) is 31.2 Å². The Hall–Kier alpha value is -1.98. The number of fused-ring (bicyclic) bond motifs is 1. The number of benzene rings is 1. The van der Waals surface area contributed by atoms with Crippen LogP contribution in [0, 0.1) is 6.92 Å². The lowest BCUT2D eigenvalue weighted by Crippen LogP contribution is -1.96. The van der Waals surface area contributed by atoms with Crippen LogP contribution < -0.4 is 10.5 Å². The van der Waals surface area contributed by atoms with Crippen molar-refractivity contribution in [2.45, 2.75) is 20.1 Å². The summed E-state index contributed by atoms with van der Waals surface area (Å²) in [7, 11) is 0. The number of nitrogens with one attached hydrogen (secondary N) is 1. The van der Waals surface area contributed by atoms with E-state index in [1.165, 1.54) is 0 Å². The summed E-state index contributed by atoms with van der Waals surface area (Å²) in [6.45, 7) is 2.61. The number of aromatic nitrogens is 2. The highest BCUT2D eigenvalue weighted by Gasteiger charge is 2.08. The number of ether oxygens (including phenoxy) is 1. The maximum absolute atomic E-state index is 6.21. The molecule has 0 amide bonds. The largest absolute Gasteiger partial charge is 0.486 e. The Kier molecular flexibility index (Phi) is 3.38. The molecular formula is C14H14ClN3O2. The first-order valence-corrected chi connectivity index (χ1v) is 6.59. The highest BCUT2D eigenvalue weighted by Crippen LogP contribution is 2.30. The van der Waals surface area contributed by atoms with E-state index in [1.54, 1.807) is 0 Å². The van der Waals surface area contributed by atoms with Crippen LogP contribution in [0.25, 0.3) is 10.9 Å². The van der Waals surface area contributed by atoms with Crippen LogP contribution in [0.1, 0.15) is 17.1 Å². The first-order valence-electron chi connectivity index (χ1n) is 6.22. The fourth-order valence-electron chi connectivity index (χ4n) is 2.05. The van der Waals surface area contributed by atoms with Crippen LogP contribution in [0.15, 0.2) is 28.8 Å². The van der Waals surface area contributed by atoms with Crippen molar-refractivity contribution in [2.24, 2.45) is 5.73 Å². The zero-order valence-electron chi connectivity index (χ0n) is 10.9. The van der Waals surface area contributed by atoms with Crippen molar-refractivity contribution in [1.82, 2.24) is 10.1 Å². The summed E-state index contributed by atoms with van der Waals surface area (Å²) in [5.74, 6) is 1.35. The Balaban J connectivity index is 1.85. The van der Waals surface area contributed by atoms with Crippen molar-refractivity contribution >= 4 is 22.5 Å². The summed E-state index contributed by atoms with van der Waals surface area (Å²) in [5, 5.41) is 5.44. The predicted octanol–water partition coefficient (Wildman–Crippen LogP) is 3.16. The summed E-state index contributed by atoms with van der Waals surface area (Å²) in [6.07, 6.45) is 0. The number of rotatable bonds is 4. The standard InChI is InChI=1S/C14H14ClN3O2/c1-8-2-11(18-20-8)7-19-14-5-13-9(4-12(14)15)3-10(6-16)17-13/h2-5,17H,6-7,16H2,1H3. The van der Waals surface area contributed by atoms with Crippen LogP contribution in [-0.2, 0) is 13.2 Å². The fourth-order valence-corrected chi connectivity index (χ4v) is 2.28. The Labute approximate surface area is 120 Å². The molecule has 20 heavy (non-hydrogen) atoms. The van der Waals surface area contributed by atoms with Gasteiger partial charge in [-0.3, -0.25) is 0 Å². The van der Waals surface area contributed by atoms with Crippen LogP contribution >= 0.6 is 11.6 Å². The number of halogens is 1. The molecule has 1 aromatic carbocycles. The molecule has 0 aliphatic heterocycles. The third-order valence-corrected chi connectivity index (χ3v) is 3.30. The summed E-state index contributed by atoms with van der Waals surface area (Å²) in [4.78, 5) is 3.22. The molecule has 3 rings (SSSR count). The molecule has 3 N–H and O–H groups in total. The second-order valence-electron chi connectivity index (χ2n) is 4.59. The number of aryl methyl sites for hydroxylation is 1. The van der Waals surface area contributed by atoms with Gasteiger partial charge in [-0.2, -0.15) is 0 Å². The normalized spacial score (nSPS) is 11.2. The molecule has 0 saturated carbocycles. The lowest BCUT2D eigenvalue weighted by Gasteiger charge is -2.06. The van der Waals surface area contributed by atoms with Crippen molar-refractivity contribution < 1.29 is 9.26 Å². The molecule has 0 aliphatic rings. The molecule has 0 aliphatic carbocycles. The minimum Gasteiger partial charge on any atom is -0.486 e. The van der Waals surface area contributed by atoms with Gasteiger partial charge in [0.2, 0.25) is 0 Å². The van der Waals surface area contributed by atoms with Gasteiger partial charge >= 0.3 is 0 Å². The van der Waals surface area contributed by atoms with E-state index in [0.717, 1.165) is 28.1 Å². The Morgan fingerprint density at radius 1 is 1.35 bits per heavy atom. The molecule has 2 heterocycles. The zero-order chi connectivity index (χ0) is 14.1. The van der Waals surface area contributed by atoms with Gasteiger partial charge in [-0.1, -0.05) is 16.8 Å². The number of nitrogens with zero attached hydrogens (tertiary/aromatic N) is 1. The number of hydrogen-bond acceptors (Lipinski definition) is 4. The van der Waals surface area contributed by atoms with Crippen LogP contribution in [0.4, 0.5) is 0 Å². The first-order chi connectivity index (χ1) is 9.65. The maximum atomic E-state index is 6.21. The first kappa shape index (κ1) is 13.0. The molecule has 0 radical (unpaired) electrons. The smallest absolute Gasteiger partial charge is 0.140 e. The predicted molar refractivity (Wildman–Crippen MR) is 76.8 cm³/mol. The van der Waals surface area contributed by atoms with Gasteiger partial charge in [0.15, 0.2) is 0 Å². The quantitative estimate of drug-likeness (QED) is 0.774. The average molecular weight is 292 g/mol. The maximum Gasteiger partial charge on any atom is 0.140 e. The van der Waals surface area contributed by atoms with E-state index in [0.29, 0.717) is 23.9 Å². The third kappa shape index (κ3) is 2.50. The molecule has 2 aromatic heterocycles. The van der Waals surface area contributed by atoms with Crippen molar-refractivity contribution in [2.75, 3.05) is 0 Å². The van der Waals surface area contributed by atoms with Crippen molar-refractivity contribution in [3.63, 3.8) is 0 Å². The van der Waals surface area contributed by atoms with Crippen LogP contribution in [0.2, 0.25) is 5.02 Å². The van der Waals surface area contributed by atoms with Crippen LogP contribution in [0.3, 0.4) is 0 Å². The van der Waals surface area contributed by atoms with Crippen LogP contribution in [0.5, 0.6) is 5.75 Å². The molecule has 0 unspecified atom stereocenters. The zero-order valence-corrected chi connectivity index (χ0v) is 11.7.